The molecule has 1 aromatic heterocycles. The van der Waals surface area contributed by atoms with E-state index in [1.54, 1.807) is 0 Å². The van der Waals surface area contributed by atoms with Crippen LogP contribution in [0, 0.1) is 18.3 Å². The smallest absolute Gasteiger partial charge is 0.296 e. The summed E-state index contributed by atoms with van der Waals surface area (Å²) in [6.07, 6.45) is 0. The number of phenolic OH excluding ortho intramolecular Hbond substituents is 1. The first kappa shape index (κ1) is 56.2. The second-order valence-corrected chi connectivity index (χ2v) is 22.3. The van der Waals surface area contributed by atoms with Gasteiger partial charge in [0.2, 0.25) is 5.88 Å². The number of nitrogens with two attached hydrogens (primary N) is 1. The summed E-state index contributed by atoms with van der Waals surface area (Å²) in [5.41, 5.74) is 8.92. The number of pyridine rings is 1. The third kappa shape index (κ3) is 12.8. The molecule has 11 N–H and O–H groups in total. The number of azo groups is 2. The average Bonchev–Trinajstić information content (AvgIpc) is 3.34. The van der Waals surface area contributed by atoms with E-state index in [2.05, 4.69) is 54.8 Å². The maximum absolute atomic E-state index is 13.3. The minimum atomic E-state index is -5.25. The number of nitrogens with zero attached hydrogens (tertiary/aromatic N) is 6. The molecule has 0 radical (unpaired) electrons. The van der Waals surface area contributed by atoms with Crippen LogP contribution in [0.1, 0.15) is 11.1 Å². The molecular weight excluding hydrogens is 1110 g/mol. The van der Waals surface area contributed by atoms with Gasteiger partial charge in [0.1, 0.15) is 44.2 Å². The Morgan fingerprint density at radius 1 is 0.770 bits per heavy atom. The van der Waals surface area contributed by atoms with Gasteiger partial charge in [-0.3, -0.25) is 32.8 Å². The van der Waals surface area contributed by atoms with Crippen LogP contribution in [-0.4, -0.2) is 80.4 Å². The molecule has 0 aliphatic heterocycles. The second-order valence-electron chi connectivity index (χ2n) is 14.5. The van der Waals surface area contributed by atoms with Gasteiger partial charge in [-0.2, -0.15) is 27.2 Å². The first-order valence-corrected chi connectivity index (χ1v) is 27.0. The van der Waals surface area contributed by atoms with Gasteiger partial charge < -0.3 is 21.4 Å². The quantitative estimate of drug-likeness (QED) is 0.00661. The van der Waals surface area contributed by atoms with Gasteiger partial charge in [-0.05, 0) is 91.2 Å². The van der Waals surface area contributed by atoms with Crippen LogP contribution in [0.4, 0.5) is 45.5 Å². The Hall–Kier alpha value is -7.06. The van der Waals surface area contributed by atoms with E-state index in [4.69, 9.17) is 20.4 Å². The highest BCUT2D eigenvalue weighted by molar-refractivity contribution is 7.94. The van der Waals surface area contributed by atoms with Crippen LogP contribution < -0.4 is 26.9 Å². The Morgan fingerprint density at radius 3 is 2.01 bits per heavy atom. The SMILES string of the molecule is Cc1c(C#N)c(O)n(C)c(=O)c1NNc1ccc(NS(=O)(=O)c2ccc(N=Nc3c(S(=O)(=O)O)cc4cc(SOOO)c(N=Nc5ccc(S(=O)(=O)CCOSOOO)cc5S(=O)(=O)O)c(N)c4c3O)cc2)cc1. The van der Waals surface area contributed by atoms with E-state index in [-0.39, 0.29) is 67.7 Å². The zero-order chi connectivity index (χ0) is 54.3. The number of anilines is 4. The van der Waals surface area contributed by atoms with Crippen molar-refractivity contribution in [2.45, 2.75) is 31.4 Å². The Bertz CT molecular complexity index is 3780. The number of sulfone groups is 1. The molecule has 0 saturated heterocycles. The van der Waals surface area contributed by atoms with E-state index < -0.39 is 112 Å². The minimum Gasteiger partial charge on any atom is -0.505 e. The molecule has 0 amide bonds. The lowest BCUT2D eigenvalue weighted by Gasteiger charge is -2.15. The molecule has 0 aliphatic carbocycles. The molecular formula is C38H34N10O20S6. The van der Waals surface area contributed by atoms with E-state index in [9.17, 15) is 63.0 Å². The minimum absolute atomic E-state index is 0.0232. The summed E-state index contributed by atoms with van der Waals surface area (Å²) in [6.45, 7) is 0.908. The van der Waals surface area contributed by atoms with Gasteiger partial charge in [-0.15, -0.1) is 24.0 Å². The molecule has 0 fully saturated rings. The topological polar surface area (TPSA) is 461 Å². The fraction of sp³-hybridized carbons (Fsp3) is 0.105. The second kappa shape index (κ2) is 23.0. The first-order chi connectivity index (χ1) is 34.8. The van der Waals surface area contributed by atoms with Crippen molar-refractivity contribution in [3.8, 4) is 17.7 Å². The molecule has 6 aromatic rings. The molecule has 74 heavy (non-hydrogen) atoms. The Labute approximate surface area is 425 Å². The van der Waals surface area contributed by atoms with E-state index in [0.717, 1.165) is 53.1 Å². The molecule has 30 nitrogen and oxygen atoms in total. The fourth-order valence-electron chi connectivity index (χ4n) is 6.37. The number of nitriles is 1. The van der Waals surface area contributed by atoms with Crippen molar-refractivity contribution in [3.05, 3.63) is 100 Å². The number of benzene rings is 5. The largest absolute Gasteiger partial charge is 0.505 e. The number of nitrogen functional groups attached to an aromatic ring is 1. The molecule has 0 spiro atoms. The predicted octanol–water partition coefficient (Wildman–Crippen LogP) is 6.48. The number of hydrogen-bond donors (Lipinski definition) is 10. The molecule has 6 rings (SSSR count). The summed E-state index contributed by atoms with van der Waals surface area (Å²) in [7, 11) is -17.8. The number of aromatic nitrogens is 1. The van der Waals surface area contributed by atoms with Crippen LogP contribution in [0.25, 0.3) is 10.8 Å². The highest BCUT2D eigenvalue weighted by Gasteiger charge is 2.27. The van der Waals surface area contributed by atoms with E-state index in [1.165, 1.54) is 38.2 Å². The predicted molar refractivity (Wildman–Crippen MR) is 259 cm³/mol. The number of aromatic hydroxyl groups is 2. The van der Waals surface area contributed by atoms with Gasteiger partial charge in [0.05, 0.1) is 61.5 Å². The number of hydrazine groups is 1. The number of rotatable bonds is 22. The number of hydrogen-bond acceptors (Lipinski definition) is 28. The zero-order valence-electron chi connectivity index (χ0n) is 37.0. The monoisotopic (exact) mass is 1140 g/mol. The van der Waals surface area contributed by atoms with Gasteiger partial charge >= 0.3 is 0 Å². The lowest BCUT2D eigenvalue weighted by molar-refractivity contribution is -0.434. The van der Waals surface area contributed by atoms with Gasteiger partial charge in [-0.1, -0.05) is 10.1 Å². The molecule has 5 aromatic carbocycles. The highest BCUT2D eigenvalue weighted by Crippen LogP contribution is 2.49. The standard InChI is InChI=1S/C38H34N10O20S6/c1-19-26(18-39)37(50)48(2)38(51)33(19)44-41-21-3-5-23(6-4-21)47-72(56,57)24-9-7-22(8-10-24)42-46-35-30(74(61,62)63)16-20-15-28(69-67-65-52)34(32(40)31(20)36(35)49)45-43-27-12-11-25(17-29(27)73(58,59)60)71(54,55)14-13-64-70-68-66-53/h3-12,15-17,41,44,47,49-50,52-53H,13-14,40H2,1-2H3,(H,58,59,60)(H,61,62,63). The van der Waals surface area contributed by atoms with E-state index >= 15 is 0 Å². The Kier molecular flexibility index (Phi) is 17.5. The number of phenols is 1. The van der Waals surface area contributed by atoms with Crippen molar-refractivity contribution < 1.29 is 86.4 Å². The van der Waals surface area contributed by atoms with Gasteiger partial charge in [0.25, 0.3) is 35.8 Å². The maximum Gasteiger partial charge on any atom is 0.296 e. The summed E-state index contributed by atoms with van der Waals surface area (Å²) in [4.78, 5) is 9.35. The van der Waals surface area contributed by atoms with Crippen molar-refractivity contribution in [3.63, 3.8) is 0 Å². The van der Waals surface area contributed by atoms with Crippen LogP contribution in [0.15, 0.2) is 129 Å². The van der Waals surface area contributed by atoms with E-state index in [1.807, 2.05) is 6.07 Å². The van der Waals surface area contributed by atoms with Crippen LogP contribution >= 0.6 is 24.4 Å². The summed E-state index contributed by atoms with van der Waals surface area (Å²) < 4.78 is 139. The zero-order valence-corrected chi connectivity index (χ0v) is 41.9. The normalized spacial score (nSPS) is 12.4. The van der Waals surface area contributed by atoms with Crippen LogP contribution in [-0.2, 0) is 70.1 Å². The average molecular weight is 1140 g/mol. The fourth-order valence-corrected chi connectivity index (χ4v) is 10.7. The number of sulfonamides is 1. The van der Waals surface area contributed by atoms with E-state index in [0.29, 0.717) is 11.8 Å². The lowest BCUT2D eigenvalue weighted by Crippen LogP contribution is -2.25. The molecule has 1 heterocycles. The van der Waals surface area contributed by atoms with Crippen molar-refractivity contribution in [2.75, 3.05) is 33.7 Å². The molecule has 0 aliphatic rings. The first-order valence-electron chi connectivity index (χ1n) is 19.6. The highest BCUT2D eigenvalue weighted by atomic mass is 32.2. The molecule has 0 saturated carbocycles. The Balaban J connectivity index is 1.28. The summed E-state index contributed by atoms with van der Waals surface area (Å²) in [5, 5.41) is 69.6. The molecule has 0 unspecified atom stereocenters. The van der Waals surface area contributed by atoms with Gasteiger partial charge in [0, 0.05) is 18.3 Å². The third-order valence-electron chi connectivity index (χ3n) is 9.92. The van der Waals surface area contributed by atoms with Gasteiger partial charge in [-0.25, -0.2) is 27.4 Å². The summed E-state index contributed by atoms with van der Waals surface area (Å²) in [6, 6.07) is 16.1. The van der Waals surface area contributed by atoms with Crippen LogP contribution in [0.2, 0.25) is 0 Å². The van der Waals surface area contributed by atoms with Crippen molar-refractivity contribution in [1.82, 2.24) is 4.57 Å². The number of fused-ring (bicyclic) bond motifs is 1. The number of nitrogens with one attached hydrogen (secondary N) is 3. The van der Waals surface area contributed by atoms with Crippen molar-refractivity contribution >= 4 is 121 Å². The van der Waals surface area contributed by atoms with Gasteiger partial charge in [0.15, 0.2) is 27.9 Å². The van der Waals surface area contributed by atoms with Crippen LogP contribution in [0.3, 0.4) is 0 Å². The van der Waals surface area contributed by atoms with Crippen molar-refractivity contribution in [1.29, 1.82) is 5.26 Å². The molecule has 392 valence electrons. The summed E-state index contributed by atoms with van der Waals surface area (Å²) >= 11 is 0.249. The Morgan fingerprint density at radius 2 is 1.39 bits per heavy atom. The third-order valence-corrected chi connectivity index (χ3v) is 15.7. The summed E-state index contributed by atoms with van der Waals surface area (Å²) in [5.74, 6) is -2.32. The van der Waals surface area contributed by atoms with Crippen molar-refractivity contribution in [2.24, 2.45) is 27.5 Å². The molecule has 36 heteroatoms. The molecule has 0 atom stereocenters. The maximum atomic E-state index is 13.3. The van der Waals surface area contributed by atoms with Crippen LogP contribution in [0.5, 0.6) is 11.6 Å². The molecule has 0 bridgehead atoms. The lowest BCUT2D eigenvalue weighted by atomic mass is 10.1.